The van der Waals surface area contributed by atoms with Gasteiger partial charge in [0.1, 0.15) is 6.29 Å². The summed E-state index contributed by atoms with van der Waals surface area (Å²) in [7, 11) is 0. The first kappa shape index (κ1) is 14.5. The summed E-state index contributed by atoms with van der Waals surface area (Å²) in [5, 5.41) is 3.15. The second kappa shape index (κ2) is 6.49. The normalized spacial score (nSPS) is 11.3. The Kier molecular flexibility index (Phi) is 4.70. The summed E-state index contributed by atoms with van der Waals surface area (Å²) < 4.78 is 0. The number of aldehydes is 1. The molecule has 0 heterocycles. The second-order valence-electron chi connectivity index (χ2n) is 5.62. The van der Waals surface area contributed by atoms with E-state index in [-0.39, 0.29) is 5.41 Å². The lowest BCUT2D eigenvalue weighted by molar-refractivity contribution is -0.107. The van der Waals surface area contributed by atoms with E-state index in [9.17, 15) is 4.79 Å². The Balaban J connectivity index is 2.13. The maximum atomic E-state index is 10.4. The predicted molar refractivity (Wildman–Crippen MR) is 83.8 cm³/mol. The Labute approximate surface area is 120 Å². The van der Waals surface area contributed by atoms with Gasteiger partial charge in [0, 0.05) is 12.0 Å². The predicted octanol–water partition coefficient (Wildman–Crippen LogP) is 3.42. The van der Waals surface area contributed by atoms with Crippen LogP contribution in [0.1, 0.15) is 19.4 Å². The molecular weight excluding hydrogens is 246 g/mol. The Morgan fingerprint density at radius 3 is 2.15 bits per heavy atom. The van der Waals surface area contributed by atoms with E-state index in [2.05, 4.69) is 67.7 Å². The van der Waals surface area contributed by atoms with Crippen LogP contribution in [0.3, 0.4) is 0 Å². The van der Waals surface area contributed by atoms with Crippen LogP contribution >= 0.6 is 0 Å². The molecule has 0 saturated heterocycles. The van der Waals surface area contributed by atoms with Crippen molar-refractivity contribution < 1.29 is 4.79 Å². The zero-order chi connectivity index (χ0) is 14.4. The van der Waals surface area contributed by atoms with Gasteiger partial charge in [0.15, 0.2) is 0 Å². The Hall–Kier alpha value is -1.93. The van der Waals surface area contributed by atoms with E-state index in [0.29, 0.717) is 6.54 Å². The molecule has 20 heavy (non-hydrogen) atoms. The fourth-order valence-electron chi connectivity index (χ4n) is 2.29. The third-order valence-electron chi connectivity index (χ3n) is 3.57. The average Bonchev–Trinajstić information content (AvgIpc) is 2.48. The molecule has 2 aromatic carbocycles. The van der Waals surface area contributed by atoms with Crippen LogP contribution in [-0.4, -0.2) is 19.4 Å². The van der Waals surface area contributed by atoms with E-state index in [1.54, 1.807) is 0 Å². The minimum atomic E-state index is 0.0121. The van der Waals surface area contributed by atoms with Crippen LogP contribution in [0.15, 0.2) is 54.6 Å². The van der Waals surface area contributed by atoms with Crippen molar-refractivity contribution in [1.29, 1.82) is 0 Å². The summed E-state index contributed by atoms with van der Waals surface area (Å²) in [5.74, 6) is 0. The molecule has 0 atom stereocenters. The summed E-state index contributed by atoms with van der Waals surface area (Å²) in [6.07, 6.45) is 0.897. The highest BCUT2D eigenvalue weighted by Crippen LogP contribution is 2.26. The van der Waals surface area contributed by atoms with E-state index in [1.807, 2.05) is 6.07 Å². The van der Waals surface area contributed by atoms with Crippen LogP contribution in [0, 0.1) is 0 Å². The molecule has 2 nitrogen and oxygen atoms in total. The molecule has 0 radical (unpaired) electrons. The molecule has 2 aromatic rings. The zero-order valence-corrected chi connectivity index (χ0v) is 12.1. The fourth-order valence-corrected chi connectivity index (χ4v) is 2.29. The highest BCUT2D eigenvalue weighted by atomic mass is 16.1. The molecule has 104 valence electrons. The lowest BCUT2D eigenvalue weighted by Crippen LogP contribution is -2.33. The number of benzene rings is 2. The summed E-state index contributed by atoms with van der Waals surface area (Å²) in [6, 6.07) is 19.0. The standard InChI is InChI=1S/C18H21NO/c1-18(2,14-19-12-13-20)17-10-8-16(9-11-17)15-6-4-3-5-7-15/h3-11,13,19H,12,14H2,1-2H3. The minimum Gasteiger partial charge on any atom is -0.309 e. The van der Waals surface area contributed by atoms with Gasteiger partial charge in [-0.2, -0.15) is 0 Å². The molecule has 0 aliphatic rings. The van der Waals surface area contributed by atoms with E-state index in [0.717, 1.165) is 12.8 Å². The molecule has 0 aliphatic carbocycles. The number of hydrogen-bond acceptors (Lipinski definition) is 2. The van der Waals surface area contributed by atoms with Gasteiger partial charge < -0.3 is 10.1 Å². The van der Waals surface area contributed by atoms with E-state index < -0.39 is 0 Å². The van der Waals surface area contributed by atoms with Crippen molar-refractivity contribution in [3.05, 3.63) is 60.2 Å². The van der Waals surface area contributed by atoms with Crippen LogP contribution < -0.4 is 5.32 Å². The topological polar surface area (TPSA) is 29.1 Å². The van der Waals surface area contributed by atoms with Crippen molar-refractivity contribution in [3.63, 3.8) is 0 Å². The van der Waals surface area contributed by atoms with Crippen molar-refractivity contribution in [2.45, 2.75) is 19.3 Å². The maximum absolute atomic E-state index is 10.4. The Morgan fingerprint density at radius 1 is 0.950 bits per heavy atom. The highest BCUT2D eigenvalue weighted by molar-refractivity contribution is 5.63. The summed E-state index contributed by atoms with van der Waals surface area (Å²) in [6.45, 7) is 5.56. The molecule has 0 bridgehead atoms. The van der Waals surface area contributed by atoms with E-state index >= 15 is 0 Å². The van der Waals surface area contributed by atoms with Crippen molar-refractivity contribution in [3.8, 4) is 11.1 Å². The fraction of sp³-hybridized carbons (Fsp3) is 0.278. The van der Waals surface area contributed by atoms with Gasteiger partial charge in [-0.25, -0.2) is 0 Å². The SMILES string of the molecule is CC(C)(CNCC=O)c1ccc(-c2ccccc2)cc1. The number of carbonyl (C=O) groups excluding carboxylic acids is 1. The van der Waals surface area contributed by atoms with Gasteiger partial charge in [-0.15, -0.1) is 0 Å². The molecule has 0 spiro atoms. The molecule has 2 rings (SSSR count). The summed E-state index contributed by atoms with van der Waals surface area (Å²) >= 11 is 0. The first-order valence-corrected chi connectivity index (χ1v) is 6.94. The number of nitrogens with one attached hydrogen (secondary N) is 1. The number of hydrogen-bond donors (Lipinski definition) is 1. The van der Waals surface area contributed by atoms with E-state index in [4.69, 9.17) is 0 Å². The largest absolute Gasteiger partial charge is 0.309 e. The third kappa shape index (κ3) is 3.55. The van der Waals surface area contributed by atoms with Crippen LogP contribution in [0.4, 0.5) is 0 Å². The molecule has 0 amide bonds. The van der Waals surface area contributed by atoms with Crippen LogP contribution in [0.5, 0.6) is 0 Å². The zero-order valence-electron chi connectivity index (χ0n) is 12.1. The van der Waals surface area contributed by atoms with Crippen molar-refractivity contribution >= 4 is 6.29 Å². The molecule has 0 aromatic heterocycles. The van der Waals surface area contributed by atoms with Gasteiger partial charge in [-0.1, -0.05) is 68.4 Å². The number of rotatable bonds is 6. The lowest BCUT2D eigenvalue weighted by Gasteiger charge is -2.25. The van der Waals surface area contributed by atoms with Gasteiger partial charge in [0.05, 0.1) is 6.54 Å². The monoisotopic (exact) mass is 267 g/mol. The van der Waals surface area contributed by atoms with Gasteiger partial charge >= 0.3 is 0 Å². The van der Waals surface area contributed by atoms with E-state index in [1.165, 1.54) is 16.7 Å². The third-order valence-corrected chi connectivity index (χ3v) is 3.57. The van der Waals surface area contributed by atoms with Crippen molar-refractivity contribution in [2.75, 3.05) is 13.1 Å². The molecule has 0 fully saturated rings. The van der Waals surface area contributed by atoms with Crippen molar-refractivity contribution in [1.82, 2.24) is 5.32 Å². The first-order valence-electron chi connectivity index (χ1n) is 6.94. The van der Waals surface area contributed by atoms with Crippen molar-refractivity contribution in [2.24, 2.45) is 0 Å². The van der Waals surface area contributed by atoms with Gasteiger partial charge in [0.25, 0.3) is 0 Å². The smallest absolute Gasteiger partial charge is 0.133 e. The molecule has 0 saturated carbocycles. The van der Waals surface area contributed by atoms with Gasteiger partial charge in [-0.05, 0) is 16.7 Å². The average molecular weight is 267 g/mol. The molecule has 0 unspecified atom stereocenters. The van der Waals surface area contributed by atoms with Gasteiger partial charge in [-0.3, -0.25) is 0 Å². The molecular formula is C18H21NO. The Bertz CT molecular complexity index is 543. The first-order chi connectivity index (χ1) is 9.63. The maximum Gasteiger partial charge on any atom is 0.133 e. The van der Waals surface area contributed by atoms with Crippen LogP contribution in [0.2, 0.25) is 0 Å². The Morgan fingerprint density at radius 2 is 1.55 bits per heavy atom. The highest BCUT2D eigenvalue weighted by Gasteiger charge is 2.19. The molecule has 0 aliphatic heterocycles. The summed E-state index contributed by atoms with van der Waals surface area (Å²) in [4.78, 5) is 10.4. The van der Waals surface area contributed by atoms with Gasteiger partial charge in [0.2, 0.25) is 0 Å². The molecule has 2 heteroatoms. The van der Waals surface area contributed by atoms with Crippen LogP contribution in [0.25, 0.3) is 11.1 Å². The lowest BCUT2D eigenvalue weighted by atomic mass is 9.84. The summed E-state index contributed by atoms with van der Waals surface area (Å²) in [5.41, 5.74) is 3.75. The minimum absolute atomic E-state index is 0.0121. The number of carbonyl (C=O) groups is 1. The second-order valence-corrected chi connectivity index (χ2v) is 5.62. The van der Waals surface area contributed by atoms with Crippen LogP contribution in [-0.2, 0) is 10.2 Å². The quantitative estimate of drug-likeness (QED) is 0.642. The molecule has 1 N–H and O–H groups in total.